The Hall–Kier alpha value is -1.10. The van der Waals surface area contributed by atoms with E-state index >= 15 is 0 Å². The Labute approximate surface area is 153 Å². The molecule has 5 nitrogen and oxygen atoms in total. The van der Waals surface area contributed by atoms with E-state index in [2.05, 4.69) is 33.0 Å². The average molecular weight is 358 g/mol. The van der Waals surface area contributed by atoms with Gasteiger partial charge in [0, 0.05) is 20.1 Å². The van der Waals surface area contributed by atoms with Gasteiger partial charge in [0.05, 0.1) is 5.92 Å². The van der Waals surface area contributed by atoms with Crippen LogP contribution < -0.4 is 5.32 Å². The van der Waals surface area contributed by atoms with Crippen LogP contribution in [0.3, 0.4) is 0 Å². The van der Waals surface area contributed by atoms with E-state index in [-0.39, 0.29) is 35.9 Å². The van der Waals surface area contributed by atoms with E-state index in [4.69, 9.17) is 9.84 Å². The van der Waals surface area contributed by atoms with Gasteiger partial charge in [-0.15, -0.1) is 0 Å². The van der Waals surface area contributed by atoms with Crippen LogP contribution in [0.5, 0.6) is 0 Å². The number of rotatable bonds is 12. The lowest BCUT2D eigenvalue weighted by molar-refractivity contribution is -0.160. The molecule has 0 saturated heterocycles. The molecule has 2 N–H and O–H groups in total. The molecule has 1 amide bonds. The van der Waals surface area contributed by atoms with Gasteiger partial charge < -0.3 is 15.2 Å². The van der Waals surface area contributed by atoms with E-state index < -0.39 is 0 Å². The van der Waals surface area contributed by atoms with Gasteiger partial charge in [0.25, 0.3) is 0 Å². The van der Waals surface area contributed by atoms with Crippen molar-refractivity contribution in [2.45, 2.75) is 85.7 Å². The van der Waals surface area contributed by atoms with E-state index in [0.717, 1.165) is 38.5 Å². The monoisotopic (exact) mass is 357 g/mol. The van der Waals surface area contributed by atoms with Crippen molar-refractivity contribution >= 4 is 11.9 Å². The minimum atomic E-state index is -0.143. The number of esters is 1. The highest BCUT2D eigenvalue weighted by molar-refractivity contribution is 5.75. The van der Waals surface area contributed by atoms with Crippen molar-refractivity contribution in [2.75, 3.05) is 13.7 Å². The third kappa shape index (κ3) is 11.2. The normalized spacial score (nSPS) is 15.3. The summed E-state index contributed by atoms with van der Waals surface area (Å²) in [6.07, 6.45) is 5.33. The van der Waals surface area contributed by atoms with E-state index in [1.807, 2.05) is 6.92 Å². The van der Waals surface area contributed by atoms with Crippen LogP contribution in [0.25, 0.3) is 0 Å². The third-order valence-corrected chi connectivity index (χ3v) is 4.67. The van der Waals surface area contributed by atoms with Crippen LogP contribution in [-0.2, 0) is 14.3 Å². The summed E-state index contributed by atoms with van der Waals surface area (Å²) in [5, 5.41) is 11.5. The Balaban J connectivity index is 4.50. The molecule has 0 spiro atoms. The molecule has 0 fully saturated rings. The lowest BCUT2D eigenvalue weighted by Gasteiger charge is -2.33. The predicted octanol–water partition coefficient (Wildman–Crippen LogP) is 3.69. The SMILES string of the molecule is CNC(=O)CCC[C@@H](C)C[C@@H](OC(=O)[C@@H](C)CCCCO)C(C)(C)C. The van der Waals surface area contributed by atoms with Crippen LogP contribution in [0.2, 0.25) is 0 Å². The molecule has 0 aliphatic rings. The molecule has 3 atom stereocenters. The van der Waals surface area contributed by atoms with Crippen LogP contribution in [0, 0.1) is 17.3 Å². The fourth-order valence-corrected chi connectivity index (χ4v) is 2.73. The molecule has 0 aliphatic heterocycles. The first kappa shape index (κ1) is 23.9. The maximum Gasteiger partial charge on any atom is 0.308 e. The molecular weight excluding hydrogens is 318 g/mol. The molecule has 5 heteroatoms. The van der Waals surface area contributed by atoms with E-state index in [0.29, 0.717) is 12.3 Å². The highest BCUT2D eigenvalue weighted by Gasteiger charge is 2.31. The van der Waals surface area contributed by atoms with Crippen molar-refractivity contribution in [1.29, 1.82) is 0 Å². The number of nitrogens with one attached hydrogen (secondary N) is 1. The molecule has 0 heterocycles. The number of aliphatic hydroxyl groups is 1. The Morgan fingerprint density at radius 1 is 1.08 bits per heavy atom. The summed E-state index contributed by atoms with van der Waals surface area (Å²) in [7, 11) is 1.66. The lowest BCUT2D eigenvalue weighted by atomic mass is 9.82. The number of amides is 1. The zero-order valence-electron chi connectivity index (χ0n) is 17.1. The van der Waals surface area contributed by atoms with Crippen molar-refractivity contribution in [3.05, 3.63) is 0 Å². The molecule has 0 rings (SSSR count). The van der Waals surface area contributed by atoms with E-state index in [9.17, 15) is 9.59 Å². The first-order valence-electron chi connectivity index (χ1n) is 9.63. The number of hydrogen-bond donors (Lipinski definition) is 2. The lowest BCUT2D eigenvalue weighted by Crippen LogP contribution is -2.35. The molecule has 25 heavy (non-hydrogen) atoms. The van der Waals surface area contributed by atoms with Gasteiger partial charge in [0.15, 0.2) is 0 Å². The summed E-state index contributed by atoms with van der Waals surface area (Å²) in [5.74, 6) is 0.185. The summed E-state index contributed by atoms with van der Waals surface area (Å²) in [5.41, 5.74) is -0.116. The van der Waals surface area contributed by atoms with Gasteiger partial charge in [-0.3, -0.25) is 9.59 Å². The van der Waals surface area contributed by atoms with Crippen molar-refractivity contribution in [2.24, 2.45) is 17.3 Å². The summed E-state index contributed by atoms with van der Waals surface area (Å²) in [4.78, 5) is 23.7. The largest absolute Gasteiger partial charge is 0.462 e. The average Bonchev–Trinajstić information content (AvgIpc) is 2.53. The van der Waals surface area contributed by atoms with Gasteiger partial charge in [-0.05, 0) is 37.0 Å². The van der Waals surface area contributed by atoms with Crippen molar-refractivity contribution in [3.63, 3.8) is 0 Å². The van der Waals surface area contributed by atoms with Crippen molar-refractivity contribution in [1.82, 2.24) is 5.32 Å². The quantitative estimate of drug-likeness (QED) is 0.413. The smallest absolute Gasteiger partial charge is 0.308 e. The maximum absolute atomic E-state index is 12.4. The standard InChI is InChI=1S/C20H39NO4/c1-15(10-9-12-18(23)21-6)14-17(20(3,4)5)25-19(24)16(2)11-7-8-13-22/h15-17,22H,7-14H2,1-6H3,(H,21,23)/t15-,16+,17-/m1/s1. The van der Waals surface area contributed by atoms with Crippen LogP contribution in [0.15, 0.2) is 0 Å². The zero-order valence-corrected chi connectivity index (χ0v) is 17.1. The van der Waals surface area contributed by atoms with Gasteiger partial charge in [-0.2, -0.15) is 0 Å². The highest BCUT2D eigenvalue weighted by Crippen LogP contribution is 2.30. The summed E-state index contributed by atoms with van der Waals surface area (Å²) in [6.45, 7) is 10.5. The second-order valence-electron chi connectivity index (χ2n) is 8.32. The molecule has 0 aromatic rings. The van der Waals surface area contributed by atoms with Crippen LogP contribution in [0.1, 0.15) is 79.6 Å². The van der Waals surface area contributed by atoms with E-state index in [1.165, 1.54) is 0 Å². The topological polar surface area (TPSA) is 75.6 Å². The second-order valence-corrected chi connectivity index (χ2v) is 8.32. The molecule has 0 aromatic carbocycles. The Morgan fingerprint density at radius 3 is 2.24 bits per heavy atom. The number of unbranched alkanes of at least 4 members (excludes halogenated alkanes) is 1. The summed E-state index contributed by atoms with van der Waals surface area (Å²) in [6, 6.07) is 0. The predicted molar refractivity (Wildman–Crippen MR) is 101 cm³/mol. The molecule has 148 valence electrons. The Bertz CT molecular complexity index is 390. The molecule has 0 aliphatic carbocycles. The number of ether oxygens (including phenoxy) is 1. The molecule has 0 bridgehead atoms. The van der Waals surface area contributed by atoms with E-state index in [1.54, 1.807) is 7.05 Å². The molecule has 0 radical (unpaired) electrons. The van der Waals surface area contributed by atoms with Gasteiger partial charge in [-0.1, -0.05) is 47.5 Å². The molecule has 0 unspecified atom stereocenters. The van der Waals surface area contributed by atoms with Crippen LogP contribution >= 0.6 is 0 Å². The highest BCUT2D eigenvalue weighted by atomic mass is 16.5. The second kappa shape index (κ2) is 12.3. The Kier molecular flexibility index (Phi) is 11.7. The number of carbonyl (C=O) groups excluding carboxylic acids is 2. The molecule has 0 aromatic heterocycles. The van der Waals surface area contributed by atoms with Gasteiger partial charge in [0.1, 0.15) is 6.10 Å². The minimum Gasteiger partial charge on any atom is -0.462 e. The van der Waals surface area contributed by atoms with Gasteiger partial charge in [-0.25, -0.2) is 0 Å². The van der Waals surface area contributed by atoms with Crippen molar-refractivity contribution < 1.29 is 19.4 Å². The third-order valence-electron chi connectivity index (χ3n) is 4.67. The fraction of sp³-hybridized carbons (Fsp3) is 0.900. The van der Waals surface area contributed by atoms with Crippen LogP contribution in [-0.4, -0.2) is 36.7 Å². The summed E-state index contributed by atoms with van der Waals surface area (Å²) >= 11 is 0. The number of aliphatic hydroxyl groups excluding tert-OH is 1. The maximum atomic E-state index is 12.4. The zero-order chi connectivity index (χ0) is 19.5. The molecule has 0 saturated carbocycles. The molecular formula is C20H39NO4. The number of hydrogen-bond acceptors (Lipinski definition) is 4. The summed E-state index contributed by atoms with van der Waals surface area (Å²) < 4.78 is 5.85. The van der Waals surface area contributed by atoms with Gasteiger partial charge >= 0.3 is 5.97 Å². The Morgan fingerprint density at radius 2 is 1.72 bits per heavy atom. The van der Waals surface area contributed by atoms with Crippen LogP contribution in [0.4, 0.5) is 0 Å². The van der Waals surface area contributed by atoms with Crippen molar-refractivity contribution in [3.8, 4) is 0 Å². The fourth-order valence-electron chi connectivity index (χ4n) is 2.73. The first-order valence-corrected chi connectivity index (χ1v) is 9.63. The minimum absolute atomic E-state index is 0.0719. The van der Waals surface area contributed by atoms with Gasteiger partial charge in [0.2, 0.25) is 5.91 Å². The number of carbonyl (C=O) groups is 2. The first-order chi connectivity index (χ1) is 11.6.